The van der Waals surface area contributed by atoms with Gasteiger partial charge in [0.2, 0.25) is 0 Å². The molecule has 0 saturated heterocycles. The molecule has 1 aromatic heterocycles. The van der Waals surface area contributed by atoms with Crippen molar-refractivity contribution in [2.24, 2.45) is 7.05 Å². The quantitative estimate of drug-likeness (QED) is 0.400. The number of pyridine rings is 1. The number of rotatable bonds is 0. The zero-order valence-corrected chi connectivity index (χ0v) is 7.58. The molecule has 0 bridgehead atoms. The van der Waals surface area contributed by atoms with Crippen molar-refractivity contribution in [3.63, 3.8) is 0 Å². The number of aromatic nitrogens is 1. The largest absolute Gasteiger partial charge is 1.00 e. The van der Waals surface area contributed by atoms with Crippen LogP contribution >= 0.6 is 0 Å². The van der Waals surface area contributed by atoms with Gasteiger partial charge < -0.3 is 30.1 Å². The van der Waals surface area contributed by atoms with Crippen LogP contribution in [0.3, 0.4) is 0 Å². The van der Waals surface area contributed by atoms with Crippen molar-refractivity contribution in [2.75, 3.05) is 0 Å². The second-order valence-electron chi connectivity index (χ2n) is 1.54. The molecule has 0 atom stereocenters. The number of hydrogen-bond acceptors (Lipinski definition) is 1. The third-order valence-electron chi connectivity index (χ3n) is 0.865. The van der Waals surface area contributed by atoms with Crippen molar-refractivity contribution in [3.8, 4) is 0 Å². The van der Waals surface area contributed by atoms with E-state index < -0.39 is 0 Å². The summed E-state index contributed by atoms with van der Waals surface area (Å²) in [5.74, 6) is 0. The summed E-state index contributed by atoms with van der Waals surface area (Å²) >= 11 is 0. The Bertz CT molecular complexity index is 141. The lowest BCUT2D eigenvalue weighted by Gasteiger charge is -1.77. The molecule has 3 heteroatoms. The minimum absolute atomic E-state index is 0. The molecule has 52 valence electrons. The molecule has 1 rings (SSSR count). The van der Waals surface area contributed by atoms with E-state index >= 15 is 0 Å². The summed E-state index contributed by atoms with van der Waals surface area (Å²) in [6, 6.07) is 6.00. The molecule has 0 radical (unpaired) electrons. The zero-order valence-electron chi connectivity index (χ0n) is 5.42. The van der Waals surface area contributed by atoms with Crippen LogP contribution in [-0.2, 0) is 7.05 Å². The molecular formula is C6H11IN2. The summed E-state index contributed by atoms with van der Waals surface area (Å²) in [6.45, 7) is 0. The summed E-state index contributed by atoms with van der Waals surface area (Å²) < 4.78 is 2.00. The molecule has 0 saturated carbocycles. The predicted octanol–water partition coefficient (Wildman–Crippen LogP) is -2.32. The van der Waals surface area contributed by atoms with Gasteiger partial charge in [-0.3, -0.25) is 0 Å². The fourth-order valence-corrected chi connectivity index (χ4v) is 0.485. The van der Waals surface area contributed by atoms with Crippen LogP contribution in [0.5, 0.6) is 0 Å². The van der Waals surface area contributed by atoms with Gasteiger partial charge in [0, 0.05) is 12.1 Å². The molecule has 1 heterocycles. The average molecular weight is 238 g/mol. The molecule has 0 spiro atoms. The maximum absolute atomic E-state index is 2.00. The highest BCUT2D eigenvalue weighted by Gasteiger charge is 1.78. The van der Waals surface area contributed by atoms with Crippen molar-refractivity contribution in [1.29, 1.82) is 0 Å². The van der Waals surface area contributed by atoms with Crippen molar-refractivity contribution in [2.45, 2.75) is 0 Å². The van der Waals surface area contributed by atoms with Crippen LogP contribution in [0.1, 0.15) is 0 Å². The third kappa shape index (κ3) is 4.35. The lowest BCUT2D eigenvalue weighted by atomic mass is 10.5. The molecule has 0 amide bonds. The second kappa shape index (κ2) is 5.97. The van der Waals surface area contributed by atoms with Gasteiger partial charge in [0.05, 0.1) is 0 Å². The van der Waals surface area contributed by atoms with E-state index in [1.54, 1.807) is 0 Å². The van der Waals surface area contributed by atoms with E-state index in [1.165, 1.54) is 0 Å². The molecule has 0 aromatic carbocycles. The minimum atomic E-state index is 0. The summed E-state index contributed by atoms with van der Waals surface area (Å²) in [6.07, 6.45) is 4.00. The van der Waals surface area contributed by atoms with Gasteiger partial charge in [-0.15, -0.1) is 0 Å². The minimum Gasteiger partial charge on any atom is -1.00 e. The van der Waals surface area contributed by atoms with Gasteiger partial charge in [0.15, 0.2) is 12.4 Å². The maximum atomic E-state index is 2.00. The Balaban J connectivity index is 0. The summed E-state index contributed by atoms with van der Waals surface area (Å²) in [5.41, 5.74) is 0. The zero-order chi connectivity index (χ0) is 5.11. The Hall–Kier alpha value is -0.160. The number of halogens is 1. The first kappa shape index (κ1) is 11.6. The van der Waals surface area contributed by atoms with Crippen molar-refractivity contribution in [3.05, 3.63) is 30.6 Å². The lowest BCUT2D eigenvalue weighted by Crippen LogP contribution is -3.00. The van der Waals surface area contributed by atoms with Crippen LogP contribution in [0.4, 0.5) is 0 Å². The molecule has 9 heavy (non-hydrogen) atoms. The Morgan fingerprint density at radius 2 is 1.44 bits per heavy atom. The fraction of sp³-hybridized carbons (Fsp3) is 0.167. The van der Waals surface area contributed by atoms with Crippen molar-refractivity contribution < 1.29 is 28.5 Å². The number of nitrogens with zero attached hydrogens (tertiary/aromatic N) is 1. The van der Waals surface area contributed by atoms with E-state index in [4.69, 9.17) is 0 Å². The second-order valence-corrected chi connectivity index (χ2v) is 1.54. The molecule has 1 aromatic rings. The Morgan fingerprint density at radius 1 is 1.00 bits per heavy atom. The first-order valence-corrected chi connectivity index (χ1v) is 2.30. The average Bonchev–Trinajstić information content (AvgIpc) is 1.69. The van der Waals surface area contributed by atoms with E-state index in [-0.39, 0.29) is 30.1 Å². The highest BCUT2D eigenvalue weighted by molar-refractivity contribution is 4.83. The van der Waals surface area contributed by atoms with E-state index in [0.717, 1.165) is 0 Å². The van der Waals surface area contributed by atoms with E-state index in [2.05, 4.69) is 0 Å². The van der Waals surface area contributed by atoms with E-state index in [1.807, 2.05) is 42.2 Å². The molecule has 0 aliphatic heterocycles. The predicted molar refractivity (Wildman–Crippen MR) is 32.6 cm³/mol. The smallest absolute Gasteiger partial charge is 0.168 e. The standard InChI is InChI=1S/C6H8N.HI.H3N/c1-7-5-3-2-4-6-7;;/h2-6H,1H3;1H;1H3/q+1;;/p-1. The maximum Gasteiger partial charge on any atom is 0.168 e. The van der Waals surface area contributed by atoms with Gasteiger partial charge in [-0.1, -0.05) is 6.07 Å². The fourth-order valence-electron chi connectivity index (χ4n) is 0.485. The van der Waals surface area contributed by atoms with Crippen LogP contribution in [0.2, 0.25) is 0 Å². The monoisotopic (exact) mass is 238 g/mol. The summed E-state index contributed by atoms with van der Waals surface area (Å²) in [5, 5.41) is 0. The van der Waals surface area contributed by atoms with Crippen LogP contribution in [0.25, 0.3) is 0 Å². The van der Waals surface area contributed by atoms with Crippen molar-refractivity contribution >= 4 is 0 Å². The van der Waals surface area contributed by atoms with Crippen LogP contribution in [0.15, 0.2) is 30.6 Å². The van der Waals surface area contributed by atoms with Gasteiger partial charge in [-0.2, -0.15) is 0 Å². The molecule has 0 aliphatic rings. The van der Waals surface area contributed by atoms with E-state index in [0.29, 0.717) is 0 Å². The Morgan fingerprint density at radius 3 is 1.67 bits per heavy atom. The van der Waals surface area contributed by atoms with Crippen molar-refractivity contribution in [1.82, 2.24) is 6.15 Å². The summed E-state index contributed by atoms with van der Waals surface area (Å²) in [7, 11) is 2.00. The Labute approximate surface area is 72.5 Å². The van der Waals surface area contributed by atoms with Crippen LogP contribution in [-0.4, -0.2) is 0 Å². The normalized spacial score (nSPS) is 6.78. The first-order chi connectivity index (χ1) is 3.39. The molecular weight excluding hydrogens is 227 g/mol. The highest BCUT2D eigenvalue weighted by Crippen LogP contribution is 1.71. The van der Waals surface area contributed by atoms with E-state index in [9.17, 15) is 0 Å². The lowest BCUT2D eigenvalue weighted by molar-refractivity contribution is -0.671. The van der Waals surface area contributed by atoms with Gasteiger partial charge in [0.1, 0.15) is 7.05 Å². The molecule has 0 unspecified atom stereocenters. The van der Waals surface area contributed by atoms with Gasteiger partial charge in [-0.25, -0.2) is 4.57 Å². The van der Waals surface area contributed by atoms with Gasteiger partial charge in [-0.05, 0) is 0 Å². The SMILES string of the molecule is C[n+]1ccccc1.N.[I-]. The van der Waals surface area contributed by atoms with Crippen LogP contribution in [0, 0.1) is 0 Å². The van der Waals surface area contributed by atoms with Crippen LogP contribution < -0.4 is 34.7 Å². The van der Waals surface area contributed by atoms with Gasteiger partial charge >= 0.3 is 0 Å². The first-order valence-electron chi connectivity index (χ1n) is 2.30. The highest BCUT2D eigenvalue weighted by atomic mass is 127. The number of hydrogen-bond donors (Lipinski definition) is 1. The molecule has 0 aliphatic carbocycles. The summed E-state index contributed by atoms with van der Waals surface area (Å²) in [4.78, 5) is 0. The molecule has 0 fully saturated rings. The third-order valence-corrected chi connectivity index (χ3v) is 0.865. The molecule has 2 nitrogen and oxygen atoms in total. The molecule has 3 N–H and O–H groups in total. The topological polar surface area (TPSA) is 38.9 Å². The number of aryl methyl sites for hydroxylation is 1. The van der Waals surface area contributed by atoms with Gasteiger partial charge in [0.25, 0.3) is 0 Å². The Kier molecular flexibility index (Phi) is 7.70.